The molecule has 0 saturated heterocycles. The fraction of sp³-hybridized carbons (Fsp3) is 0.333. The first kappa shape index (κ1) is 14.5. The van der Waals surface area contributed by atoms with Crippen molar-refractivity contribution < 1.29 is 23.0 Å². The van der Waals surface area contributed by atoms with E-state index >= 15 is 0 Å². The Morgan fingerprint density at radius 3 is 2.60 bits per heavy atom. The third-order valence-corrected chi connectivity index (χ3v) is 2.71. The molecule has 1 aromatic heterocycles. The number of benzene rings is 1. The maximum absolute atomic E-state index is 13.0. The summed E-state index contributed by atoms with van der Waals surface area (Å²) in [7, 11) is 1.40. The van der Waals surface area contributed by atoms with Crippen LogP contribution in [-0.4, -0.2) is 27.2 Å². The van der Waals surface area contributed by atoms with Gasteiger partial charge in [0, 0.05) is 7.11 Å². The normalized spacial score (nSPS) is 11.8. The molecule has 5 nitrogen and oxygen atoms in total. The molecule has 20 heavy (non-hydrogen) atoms. The van der Waals surface area contributed by atoms with Crippen LogP contribution in [0.4, 0.5) is 13.2 Å². The summed E-state index contributed by atoms with van der Waals surface area (Å²) in [6.07, 6.45) is -4.51. The molecule has 0 aliphatic heterocycles. The van der Waals surface area contributed by atoms with Crippen molar-refractivity contribution in [3.05, 3.63) is 41.2 Å². The van der Waals surface area contributed by atoms with Gasteiger partial charge >= 0.3 is 6.18 Å². The minimum atomic E-state index is -4.51. The predicted octanol–water partition coefficient (Wildman–Crippen LogP) is 1.92. The molecule has 0 bridgehead atoms. The van der Waals surface area contributed by atoms with Crippen molar-refractivity contribution in [3.8, 4) is 5.69 Å². The molecule has 0 atom stereocenters. The number of nitrogens with zero attached hydrogens (tertiary/aromatic N) is 3. The number of methoxy groups -OCH3 is 1. The van der Waals surface area contributed by atoms with E-state index in [-0.39, 0.29) is 23.7 Å². The van der Waals surface area contributed by atoms with E-state index in [4.69, 9.17) is 9.84 Å². The molecule has 108 valence electrons. The first-order valence-corrected chi connectivity index (χ1v) is 5.69. The van der Waals surface area contributed by atoms with E-state index in [9.17, 15) is 13.2 Å². The fourth-order valence-corrected chi connectivity index (χ4v) is 1.83. The largest absolute Gasteiger partial charge is 0.418 e. The van der Waals surface area contributed by atoms with Crippen LogP contribution in [0.5, 0.6) is 0 Å². The Bertz CT molecular complexity index is 596. The molecule has 0 saturated carbocycles. The molecule has 1 heterocycles. The van der Waals surface area contributed by atoms with Gasteiger partial charge in [0.2, 0.25) is 0 Å². The maximum atomic E-state index is 13.0. The smallest absolute Gasteiger partial charge is 0.390 e. The highest BCUT2D eigenvalue weighted by molar-refractivity contribution is 5.43. The number of hydrogen-bond acceptors (Lipinski definition) is 4. The first-order valence-electron chi connectivity index (χ1n) is 5.69. The highest BCUT2D eigenvalue weighted by Gasteiger charge is 2.34. The van der Waals surface area contributed by atoms with Crippen molar-refractivity contribution in [2.24, 2.45) is 0 Å². The number of aliphatic hydroxyl groups is 1. The lowest BCUT2D eigenvalue weighted by atomic mass is 10.1. The highest BCUT2D eigenvalue weighted by atomic mass is 19.4. The Kier molecular flexibility index (Phi) is 4.05. The number of aromatic nitrogens is 3. The van der Waals surface area contributed by atoms with Crippen molar-refractivity contribution in [1.82, 2.24) is 15.0 Å². The van der Waals surface area contributed by atoms with E-state index in [0.29, 0.717) is 0 Å². The van der Waals surface area contributed by atoms with Gasteiger partial charge in [-0.05, 0) is 12.1 Å². The minimum absolute atomic E-state index is 0.00488. The molecule has 0 aliphatic rings. The van der Waals surface area contributed by atoms with Gasteiger partial charge in [0.1, 0.15) is 5.69 Å². The topological polar surface area (TPSA) is 60.2 Å². The van der Waals surface area contributed by atoms with Crippen LogP contribution in [-0.2, 0) is 24.1 Å². The number of rotatable bonds is 4. The molecule has 0 unspecified atom stereocenters. The lowest BCUT2D eigenvalue weighted by Gasteiger charge is -2.14. The fourth-order valence-electron chi connectivity index (χ4n) is 1.83. The van der Waals surface area contributed by atoms with Crippen molar-refractivity contribution in [3.63, 3.8) is 0 Å². The van der Waals surface area contributed by atoms with Crippen LogP contribution in [0.2, 0.25) is 0 Å². The molecular weight excluding hydrogens is 275 g/mol. The van der Waals surface area contributed by atoms with Gasteiger partial charge < -0.3 is 9.84 Å². The Balaban J connectivity index is 2.60. The number of alkyl halides is 3. The second-order valence-corrected chi connectivity index (χ2v) is 4.00. The summed E-state index contributed by atoms with van der Waals surface area (Å²) in [6.45, 7) is -0.429. The molecule has 0 aliphatic carbocycles. The summed E-state index contributed by atoms with van der Waals surface area (Å²) in [5.41, 5.74) is -0.512. The van der Waals surface area contributed by atoms with Gasteiger partial charge in [-0.1, -0.05) is 17.3 Å². The number of para-hydroxylation sites is 1. The molecule has 0 fully saturated rings. The van der Waals surface area contributed by atoms with Crippen LogP contribution in [0, 0.1) is 0 Å². The quantitative estimate of drug-likeness (QED) is 0.933. The molecule has 1 aromatic carbocycles. The molecule has 0 spiro atoms. The van der Waals surface area contributed by atoms with Crippen LogP contribution in [0.1, 0.15) is 17.0 Å². The molecule has 8 heteroatoms. The number of halogens is 3. The summed E-state index contributed by atoms with van der Waals surface area (Å²) in [5.74, 6) is 0. The lowest BCUT2D eigenvalue weighted by Crippen LogP contribution is -2.13. The van der Waals surface area contributed by atoms with Gasteiger partial charge in [-0.15, -0.1) is 5.10 Å². The minimum Gasteiger partial charge on any atom is -0.390 e. The molecule has 0 amide bonds. The van der Waals surface area contributed by atoms with E-state index in [1.807, 2.05) is 0 Å². The summed E-state index contributed by atoms with van der Waals surface area (Å²) in [5, 5.41) is 16.5. The Hall–Kier alpha value is -1.93. The second-order valence-electron chi connectivity index (χ2n) is 4.00. The summed E-state index contributed by atoms with van der Waals surface area (Å²) >= 11 is 0. The van der Waals surface area contributed by atoms with Crippen molar-refractivity contribution >= 4 is 0 Å². The van der Waals surface area contributed by atoms with Gasteiger partial charge in [-0.3, -0.25) is 0 Å². The Morgan fingerprint density at radius 2 is 2.00 bits per heavy atom. The van der Waals surface area contributed by atoms with Gasteiger partial charge in [-0.2, -0.15) is 13.2 Å². The van der Waals surface area contributed by atoms with Crippen LogP contribution in [0.25, 0.3) is 5.69 Å². The second kappa shape index (κ2) is 5.59. The zero-order chi connectivity index (χ0) is 14.8. The SMILES string of the molecule is COCc1c(CO)nnn1-c1ccccc1C(F)(F)F. The van der Waals surface area contributed by atoms with Gasteiger partial charge in [0.25, 0.3) is 0 Å². The lowest BCUT2D eigenvalue weighted by molar-refractivity contribution is -0.137. The maximum Gasteiger partial charge on any atom is 0.418 e. The third-order valence-electron chi connectivity index (χ3n) is 2.71. The number of ether oxygens (including phenoxy) is 1. The zero-order valence-corrected chi connectivity index (χ0v) is 10.6. The Morgan fingerprint density at radius 1 is 1.30 bits per heavy atom. The van der Waals surface area contributed by atoms with E-state index in [2.05, 4.69) is 10.3 Å². The van der Waals surface area contributed by atoms with E-state index in [0.717, 1.165) is 10.7 Å². The van der Waals surface area contributed by atoms with E-state index in [1.54, 1.807) is 0 Å². The van der Waals surface area contributed by atoms with Crippen molar-refractivity contribution in [2.75, 3.05) is 7.11 Å². The molecule has 0 radical (unpaired) electrons. The number of aliphatic hydroxyl groups excluding tert-OH is 1. The average Bonchev–Trinajstić information content (AvgIpc) is 2.81. The summed E-state index contributed by atoms with van der Waals surface area (Å²) in [4.78, 5) is 0. The third kappa shape index (κ3) is 2.66. The van der Waals surface area contributed by atoms with Crippen molar-refractivity contribution in [1.29, 1.82) is 0 Å². The molecule has 2 rings (SSSR count). The van der Waals surface area contributed by atoms with Crippen LogP contribution < -0.4 is 0 Å². The van der Waals surface area contributed by atoms with E-state index in [1.165, 1.54) is 25.3 Å². The summed E-state index contributed by atoms with van der Waals surface area (Å²) < 4.78 is 45.0. The van der Waals surface area contributed by atoms with Crippen LogP contribution in [0.3, 0.4) is 0 Å². The first-order chi connectivity index (χ1) is 9.49. The number of hydrogen-bond donors (Lipinski definition) is 1. The van der Waals surface area contributed by atoms with Gasteiger partial charge in [-0.25, -0.2) is 4.68 Å². The zero-order valence-electron chi connectivity index (χ0n) is 10.6. The molecule has 1 N–H and O–H groups in total. The van der Waals surface area contributed by atoms with Crippen LogP contribution >= 0.6 is 0 Å². The molecule has 2 aromatic rings. The van der Waals surface area contributed by atoms with Gasteiger partial charge in [0.15, 0.2) is 0 Å². The van der Waals surface area contributed by atoms with Gasteiger partial charge in [0.05, 0.1) is 30.2 Å². The average molecular weight is 287 g/mol. The monoisotopic (exact) mass is 287 g/mol. The van der Waals surface area contributed by atoms with Crippen molar-refractivity contribution in [2.45, 2.75) is 19.4 Å². The predicted molar refractivity (Wildman–Crippen MR) is 63.0 cm³/mol. The molecular formula is C12H12F3N3O2. The summed E-state index contributed by atoms with van der Waals surface area (Å²) in [6, 6.07) is 5.03. The standard InChI is InChI=1S/C12H12F3N3O2/c1-20-7-11-9(6-19)16-17-18(11)10-5-3-2-4-8(10)12(13,14)15/h2-5,19H,6-7H2,1H3. The van der Waals surface area contributed by atoms with Crippen LogP contribution in [0.15, 0.2) is 24.3 Å². The Labute approximate surface area is 112 Å². The highest BCUT2D eigenvalue weighted by Crippen LogP contribution is 2.34. The van der Waals surface area contributed by atoms with E-state index < -0.39 is 18.3 Å².